The van der Waals surface area contributed by atoms with E-state index in [2.05, 4.69) is 52.9 Å². The van der Waals surface area contributed by atoms with Crippen LogP contribution in [-0.4, -0.2) is 32.9 Å². The topological polar surface area (TPSA) is 27.7 Å². The summed E-state index contributed by atoms with van der Waals surface area (Å²) in [6.07, 6.45) is 16.7. The van der Waals surface area contributed by atoms with Gasteiger partial charge >= 0.3 is 0 Å². The van der Waals surface area contributed by atoms with Crippen molar-refractivity contribution in [3.63, 3.8) is 0 Å². The third-order valence-electron chi connectivity index (χ3n) is 6.67. The lowest BCUT2D eigenvalue weighted by atomic mass is 9.94. The van der Waals surface area contributed by atoms with Crippen LogP contribution in [-0.2, 0) is 13.9 Å². The van der Waals surface area contributed by atoms with Gasteiger partial charge in [-0.3, -0.25) is 0 Å². The average Bonchev–Trinajstić information content (AvgIpc) is 3.00. The van der Waals surface area contributed by atoms with E-state index in [9.17, 15) is 0 Å². The highest BCUT2D eigenvalue weighted by atomic mass is 28.4. The van der Waals surface area contributed by atoms with Gasteiger partial charge in [0.05, 0.1) is 12.7 Å². The van der Waals surface area contributed by atoms with Crippen LogP contribution < -0.4 is 0 Å². The van der Waals surface area contributed by atoms with Gasteiger partial charge in [-0.25, -0.2) is 0 Å². The molecule has 1 saturated heterocycles. The zero-order valence-corrected chi connectivity index (χ0v) is 19.8. The summed E-state index contributed by atoms with van der Waals surface area (Å²) in [4.78, 5) is 0. The number of rotatable bonds is 9. The molecule has 0 aromatic rings. The van der Waals surface area contributed by atoms with E-state index in [1.165, 1.54) is 44.9 Å². The Balaban J connectivity index is 2.00. The molecule has 0 aromatic heterocycles. The Morgan fingerprint density at radius 1 is 1.11 bits per heavy atom. The van der Waals surface area contributed by atoms with Crippen LogP contribution in [0.2, 0.25) is 18.1 Å². The molecule has 1 heterocycles. The summed E-state index contributed by atoms with van der Waals surface area (Å²) in [6, 6.07) is 0. The molecule has 1 saturated carbocycles. The summed E-state index contributed by atoms with van der Waals surface area (Å²) in [6.45, 7) is 14.6. The van der Waals surface area contributed by atoms with E-state index >= 15 is 0 Å². The molecule has 158 valence electrons. The van der Waals surface area contributed by atoms with E-state index in [4.69, 9.17) is 13.9 Å². The fourth-order valence-corrected chi connectivity index (χ4v) is 5.16. The Hall–Kier alpha value is -0.163. The Morgan fingerprint density at radius 2 is 1.81 bits per heavy atom. The summed E-state index contributed by atoms with van der Waals surface area (Å²) >= 11 is 0. The van der Waals surface area contributed by atoms with Crippen molar-refractivity contribution in [1.82, 2.24) is 0 Å². The van der Waals surface area contributed by atoms with E-state index < -0.39 is 8.32 Å². The van der Waals surface area contributed by atoms with Crippen LogP contribution in [0.15, 0.2) is 12.2 Å². The third kappa shape index (κ3) is 6.69. The normalized spacial score (nSPS) is 24.7. The van der Waals surface area contributed by atoms with E-state index in [-0.39, 0.29) is 23.0 Å². The van der Waals surface area contributed by atoms with Crippen molar-refractivity contribution < 1.29 is 13.9 Å². The van der Waals surface area contributed by atoms with Crippen molar-refractivity contribution in [1.29, 1.82) is 0 Å². The van der Waals surface area contributed by atoms with Gasteiger partial charge in [0.2, 0.25) is 0 Å². The van der Waals surface area contributed by atoms with Gasteiger partial charge < -0.3 is 13.9 Å². The Labute approximate surface area is 169 Å². The second kappa shape index (κ2) is 10.0. The van der Waals surface area contributed by atoms with Gasteiger partial charge in [0.25, 0.3) is 0 Å². The van der Waals surface area contributed by atoms with E-state index in [0.717, 1.165) is 19.3 Å². The molecule has 2 fully saturated rings. The summed E-state index contributed by atoms with van der Waals surface area (Å²) < 4.78 is 19.6. The molecule has 1 spiro atoms. The van der Waals surface area contributed by atoms with Gasteiger partial charge in [0, 0.05) is 12.8 Å². The molecule has 0 bridgehead atoms. The molecule has 27 heavy (non-hydrogen) atoms. The van der Waals surface area contributed by atoms with Crippen LogP contribution in [0.1, 0.15) is 91.9 Å². The van der Waals surface area contributed by atoms with Crippen molar-refractivity contribution in [2.75, 3.05) is 6.61 Å². The molecule has 0 radical (unpaired) electrons. The van der Waals surface area contributed by atoms with E-state index in [1.54, 1.807) is 0 Å². The number of hydrogen-bond donors (Lipinski definition) is 0. The van der Waals surface area contributed by atoms with Crippen LogP contribution in [0, 0.1) is 0 Å². The fourth-order valence-electron chi connectivity index (χ4n) is 3.81. The van der Waals surface area contributed by atoms with Crippen molar-refractivity contribution in [2.24, 2.45) is 0 Å². The number of hydrogen-bond acceptors (Lipinski definition) is 3. The highest BCUT2D eigenvalue weighted by Crippen LogP contribution is 2.42. The maximum atomic E-state index is 6.83. The van der Waals surface area contributed by atoms with Gasteiger partial charge in [-0.05, 0) is 50.2 Å². The Kier molecular flexibility index (Phi) is 8.60. The molecule has 0 N–H and O–H groups in total. The van der Waals surface area contributed by atoms with E-state index in [0.29, 0.717) is 6.61 Å². The second-order valence-electron chi connectivity index (χ2n) is 10.1. The minimum absolute atomic E-state index is 0.0671. The predicted octanol–water partition coefficient (Wildman–Crippen LogP) is 6.98. The molecular weight excluding hydrogens is 352 g/mol. The van der Waals surface area contributed by atoms with Crippen molar-refractivity contribution in [2.45, 2.75) is 128 Å². The molecule has 4 heteroatoms. The smallest absolute Gasteiger partial charge is 0.192 e. The maximum Gasteiger partial charge on any atom is 0.192 e. The van der Waals surface area contributed by atoms with Crippen LogP contribution >= 0.6 is 0 Å². The molecule has 0 aromatic carbocycles. The zero-order chi connectivity index (χ0) is 20.0. The lowest BCUT2D eigenvalue weighted by Crippen LogP contribution is -2.48. The minimum atomic E-state index is -1.85. The quantitative estimate of drug-likeness (QED) is 0.239. The molecular formula is C23H44O3Si. The monoisotopic (exact) mass is 396 g/mol. The molecule has 2 rings (SSSR count). The summed E-state index contributed by atoms with van der Waals surface area (Å²) in [5.74, 6) is -0.317. The summed E-state index contributed by atoms with van der Waals surface area (Å²) in [7, 11) is -1.85. The average molecular weight is 397 g/mol. The highest BCUT2D eigenvalue weighted by Gasteiger charge is 2.47. The van der Waals surface area contributed by atoms with Gasteiger partial charge in [0.15, 0.2) is 14.1 Å². The van der Waals surface area contributed by atoms with Crippen LogP contribution in [0.25, 0.3) is 0 Å². The number of allylic oxidation sites excluding steroid dienone is 1. The molecule has 2 aliphatic rings. The van der Waals surface area contributed by atoms with Crippen LogP contribution in [0.3, 0.4) is 0 Å². The van der Waals surface area contributed by atoms with Crippen LogP contribution in [0.4, 0.5) is 0 Å². The van der Waals surface area contributed by atoms with Gasteiger partial charge in [-0.1, -0.05) is 59.1 Å². The summed E-state index contributed by atoms with van der Waals surface area (Å²) in [5, 5.41) is 0.206. The molecule has 0 amide bonds. The standard InChI is InChI=1S/C23H44O3Si/c1-7-8-9-10-11-13-16-20(26-27(5,6)22(2,3)4)21-19-24-23(25-21)17-14-12-15-18-23/h11,13,20-21H,7-10,12,14-19H2,1-6H3/b13-11-/t20-,21+/m0/s1. The molecule has 0 unspecified atom stereocenters. The second-order valence-corrected chi connectivity index (χ2v) is 14.8. The first-order valence-corrected chi connectivity index (χ1v) is 14.2. The maximum absolute atomic E-state index is 6.83. The van der Waals surface area contributed by atoms with Crippen molar-refractivity contribution >= 4 is 8.32 Å². The number of unbranched alkanes of at least 4 members (excludes halogenated alkanes) is 3. The largest absolute Gasteiger partial charge is 0.411 e. The van der Waals surface area contributed by atoms with Crippen molar-refractivity contribution in [3.8, 4) is 0 Å². The molecule has 1 aliphatic heterocycles. The predicted molar refractivity (Wildman–Crippen MR) is 117 cm³/mol. The fraction of sp³-hybridized carbons (Fsp3) is 0.913. The van der Waals surface area contributed by atoms with Gasteiger partial charge in [-0.2, -0.15) is 0 Å². The van der Waals surface area contributed by atoms with Gasteiger partial charge in [0.1, 0.15) is 6.10 Å². The molecule has 2 atom stereocenters. The van der Waals surface area contributed by atoms with E-state index in [1.807, 2.05) is 0 Å². The molecule has 1 aliphatic carbocycles. The Bertz CT molecular complexity index is 461. The van der Waals surface area contributed by atoms with Crippen LogP contribution in [0.5, 0.6) is 0 Å². The number of ether oxygens (including phenoxy) is 2. The first-order valence-electron chi connectivity index (χ1n) is 11.3. The minimum Gasteiger partial charge on any atom is -0.411 e. The third-order valence-corrected chi connectivity index (χ3v) is 11.2. The lowest BCUT2D eigenvalue weighted by Gasteiger charge is -2.40. The molecule has 3 nitrogen and oxygen atoms in total. The summed E-state index contributed by atoms with van der Waals surface area (Å²) in [5.41, 5.74) is 0. The lowest BCUT2D eigenvalue weighted by molar-refractivity contribution is -0.194. The van der Waals surface area contributed by atoms with Crippen molar-refractivity contribution in [3.05, 3.63) is 12.2 Å². The Morgan fingerprint density at radius 3 is 2.44 bits per heavy atom. The van der Waals surface area contributed by atoms with Gasteiger partial charge in [-0.15, -0.1) is 0 Å². The SMILES string of the molecule is CCCCC/C=C\C[C@H](O[Si](C)(C)C(C)(C)C)[C@H]1COC2(CCCCC2)O1. The first kappa shape index (κ1) is 23.1. The first-order chi connectivity index (χ1) is 12.7. The zero-order valence-electron chi connectivity index (χ0n) is 18.8. The highest BCUT2D eigenvalue weighted by molar-refractivity contribution is 6.74.